The van der Waals surface area contributed by atoms with E-state index in [4.69, 9.17) is 6.96 Å². The Balaban J connectivity index is 5.48. The summed E-state index contributed by atoms with van der Waals surface area (Å²) >= 11 is -4.87. The van der Waals surface area contributed by atoms with E-state index >= 15 is 0 Å². The van der Waals surface area contributed by atoms with E-state index in [0.717, 1.165) is 0 Å². The summed E-state index contributed by atoms with van der Waals surface area (Å²) in [6.07, 6.45) is 0. The van der Waals surface area contributed by atoms with Crippen LogP contribution in [0.5, 0.6) is 0 Å². The van der Waals surface area contributed by atoms with Crippen LogP contribution in [0.4, 0.5) is 0 Å². The maximum absolute atomic E-state index is 12.7. The second-order valence-corrected chi connectivity index (χ2v) is 21.1. The van der Waals surface area contributed by atoms with Crippen molar-refractivity contribution in [3.63, 3.8) is 0 Å². The second kappa shape index (κ2) is 7.01. The predicted molar refractivity (Wildman–Crippen MR) is 96.3 cm³/mol. The minimum atomic E-state index is -4.87. The van der Waals surface area contributed by atoms with Crippen LogP contribution < -0.4 is 0 Å². The first kappa shape index (κ1) is 23.5. The molecule has 0 unspecified atom stereocenters. The summed E-state index contributed by atoms with van der Waals surface area (Å²) < 4.78 is 36.9. The first-order valence-corrected chi connectivity index (χ1v) is 16.4. The van der Waals surface area contributed by atoms with Crippen LogP contribution in [0, 0.1) is 11.8 Å². The molecule has 7 heteroatoms. The molecule has 0 aromatic heterocycles. The van der Waals surface area contributed by atoms with E-state index in [1.807, 2.05) is 26.2 Å². The Morgan fingerprint density at radius 3 is 1.09 bits per heavy atom. The molecular formula is C16H38CrO4Si2. The second-order valence-electron chi connectivity index (χ2n) is 9.35. The molecule has 0 heterocycles. The molecule has 0 aromatic carbocycles. The third kappa shape index (κ3) is 5.23. The molecule has 23 heavy (non-hydrogen) atoms. The Morgan fingerprint density at radius 2 is 0.913 bits per heavy atom. The molecule has 0 atom stereocenters. The van der Waals surface area contributed by atoms with Crippen LogP contribution in [-0.2, 0) is 28.2 Å². The molecular weight excluding hydrogens is 364 g/mol. The Hall–Kier alpha value is 0.486. The molecule has 0 aliphatic carbocycles. The van der Waals surface area contributed by atoms with E-state index in [-0.39, 0.29) is 10.1 Å². The minimum absolute atomic E-state index is 0.160. The molecule has 4 nitrogen and oxygen atoms in total. The molecule has 0 radical (unpaired) electrons. The molecule has 0 aliphatic rings. The third-order valence-electron chi connectivity index (χ3n) is 6.61. The third-order valence-corrected chi connectivity index (χ3v) is 21.0. The van der Waals surface area contributed by atoms with Crippen LogP contribution in [0.15, 0.2) is 0 Å². The van der Waals surface area contributed by atoms with E-state index in [1.54, 1.807) is 0 Å². The van der Waals surface area contributed by atoms with Crippen LogP contribution in [-0.4, -0.2) is 16.6 Å². The van der Waals surface area contributed by atoms with Crippen molar-refractivity contribution in [1.82, 2.24) is 0 Å². The average molecular weight is 403 g/mol. The van der Waals surface area contributed by atoms with Crippen molar-refractivity contribution in [2.24, 2.45) is 11.8 Å². The van der Waals surface area contributed by atoms with Gasteiger partial charge in [-0.1, -0.05) is 0 Å². The van der Waals surface area contributed by atoms with Crippen molar-refractivity contribution in [1.29, 1.82) is 0 Å². The molecule has 0 spiro atoms. The standard InChI is InChI=1S/2C8H19OSi.Cr.2O/c2*1-7(2)8(3,4)10(5,6)9;;;/h2*7H,1-6H3;;;/q2*-1;+2;;. The van der Waals surface area contributed by atoms with Crippen molar-refractivity contribution < 1.29 is 28.2 Å². The number of hydrogen-bond acceptors (Lipinski definition) is 4. The zero-order valence-corrected chi connectivity index (χ0v) is 20.5. The van der Waals surface area contributed by atoms with Gasteiger partial charge in [0.25, 0.3) is 0 Å². The average Bonchev–Trinajstić information content (AvgIpc) is 2.24. The predicted octanol–water partition coefficient (Wildman–Crippen LogP) is 5.98. The summed E-state index contributed by atoms with van der Waals surface area (Å²) in [5.41, 5.74) is 0. The number of hydrogen-bond donors (Lipinski definition) is 0. The molecule has 0 N–H and O–H groups in total. The molecule has 0 aromatic rings. The fourth-order valence-corrected chi connectivity index (χ4v) is 13.8. The quantitative estimate of drug-likeness (QED) is 0.469. The molecule has 0 saturated heterocycles. The Morgan fingerprint density at radius 1 is 0.696 bits per heavy atom. The van der Waals surface area contributed by atoms with E-state index in [2.05, 4.69) is 55.4 Å². The maximum atomic E-state index is 12.7. The molecule has 0 saturated carbocycles. The van der Waals surface area contributed by atoms with Crippen molar-refractivity contribution >= 4 is 16.6 Å². The van der Waals surface area contributed by atoms with Gasteiger partial charge in [0.2, 0.25) is 0 Å². The summed E-state index contributed by atoms with van der Waals surface area (Å²) in [7, 11) is -4.95. The van der Waals surface area contributed by atoms with Gasteiger partial charge in [0, 0.05) is 0 Å². The summed E-state index contributed by atoms with van der Waals surface area (Å²) in [5, 5.41) is -0.319. The van der Waals surface area contributed by atoms with E-state index in [1.165, 1.54) is 0 Å². The van der Waals surface area contributed by atoms with Gasteiger partial charge < -0.3 is 0 Å². The first-order valence-electron chi connectivity index (χ1n) is 8.46. The van der Waals surface area contributed by atoms with E-state index in [9.17, 15) is 7.61 Å². The monoisotopic (exact) mass is 402 g/mol. The van der Waals surface area contributed by atoms with Crippen molar-refractivity contribution in [2.75, 3.05) is 0 Å². The van der Waals surface area contributed by atoms with Crippen LogP contribution in [0.2, 0.25) is 36.3 Å². The number of rotatable bonds is 8. The fraction of sp³-hybridized carbons (Fsp3) is 1.00. The Labute approximate surface area is 148 Å². The van der Waals surface area contributed by atoms with Gasteiger partial charge in [0.1, 0.15) is 0 Å². The van der Waals surface area contributed by atoms with Gasteiger partial charge in [0.15, 0.2) is 0 Å². The summed E-state index contributed by atoms with van der Waals surface area (Å²) in [6, 6.07) is 0. The molecule has 0 fully saturated rings. The molecule has 0 rings (SSSR count). The summed E-state index contributed by atoms with van der Waals surface area (Å²) in [4.78, 5) is 0. The van der Waals surface area contributed by atoms with Gasteiger partial charge in [-0.15, -0.1) is 0 Å². The van der Waals surface area contributed by atoms with Crippen LogP contribution >= 0.6 is 0 Å². The van der Waals surface area contributed by atoms with Gasteiger partial charge in [0.05, 0.1) is 0 Å². The Bertz CT molecular complexity index is 466. The molecule has 0 bridgehead atoms. The van der Waals surface area contributed by atoms with Crippen LogP contribution in [0.25, 0.3) is 0 Å². The van der Waals surface area contributed by atoms with Crippen LogP contribution in [0.3, 0.4) is 0 Å². The van der Waals surface area contributed by atoms with E-state index < -0.39 is 30.2 Å². The topological polar surface area (TPSA) is 52.6 Å². The summed E-state index contributed by atoms with van der Waals surface area (Å²) in [5.74, 6) is 0.684. The zero-order chi connectivity index (χ0) is 19.1. The van der Waals surface area contributed by atoms with Gasteiger partial charge in [-0.05, 0) is 0 Å². The van der Waals surface area contributed by atoms with Gasteiger partial charge >= 0.3 is 148 Å². The van der Waals surface area contributed by atoms with E-state index in [0.29, 0.717) is 11.8 Å². The summed E-state index contributed by atoms with van der Waals surface area (Å²) in [6.45, 7) is 24.7. The van der Waals surface area contributed by atoms with Crippen molar-refractivity contribution in [3.05, 3.63) is 0 Å². The van der Waals surface area contributed by atoms with Crippen molar-refractivity contribution in [3.8, 4) is 0 Å². The van der Waals surface area contributed by atoms with Crippen LogP contribution in [0.1, 0.15) is 55.4 Å². The zero-order valence-electron chi connectivity index (χ0n) is 17.2. The molecule has 140 valence electrons. The fourth-order valence-electron chi connectivity index (χ4n) is 2.13. The van der Waals surface area contributed by atoms with Gasteiger partial charge in [-0.3, -0.25) is 0 Å². The van der Waals surface area contributed by atoms with Gasteiger partial charge in [-0.25, -0.2) is 0 Å². The molecule has 0 aliphatic heterocycles. The normalized spacial score (nSPS) is 15.6. The van der Waals surface area contributed by atoms with Crippen molar-refractivity contribution in [2.45, 2.75) is 91.7 Å². The van der Waals surface area contributed by atoms with Gasteiger partial charge in [-0.2, -0.15) is 0 Å². The Kier molecular flexibility index (Phi) is 7.16. The first-order chi connectivity index (χ1) is 9.80. The molecule has 0 amide bonds. The SMILES string of the molecule is CC(C)C(C)(C)[Si](C)(C)[O][Cr](=[O])(=[O])[O][Si](C)(C)C(C)(C)C(C)C.